The highest BCUT2D eigenvalue weighted by Gasteiger charge is 2.54. The third kappa shape index (κ3) is 4.74. The van der Waals surface area contributed by atoms with E-state index in [1.54, 1.807) is 7.11 Å². The Morgan fingerprint density at radius 3 is 2.32 bits per heavy atom. The molecule has 1 aliphatic heterocycles. The number of hydrogen-bond acceptors (Lipinski definition) is 3. The Hall–Kier alpha value is -1.02. The molecule has 0 aliphatic carbocycles. The van der Waals surface area contributed by atoms with Gasteiger partial charge >= 0.3 is 12.2 Å². The molecular formula is C14H25F3N2O3. The Kier molecular flexibility index (Phi) is 6.49. The number of nitrogens with one attached hydrogen (secondary N) is 1. The van der Waals surface area contributed by atoms with Gasteiger partial charge in [-0.3, -0.25) is 0 Å². The maximum atomic E-state index is 12.7. The Bertz CT molecular complexity index is 367. The highest BCUT2D eigenvalue weighted by molar-refractivity contribution is 5.74. The third-order valence-electron chi connectivity index (χ3n) is 4.15. The summed E-state index contributed by atoms with van der Waals surface area (Å²) in [6.07, 6.45) is -5.00. The smallest absolute Gasteiger partial charge is 0.385 e. The van der Waals surface area contributed by atoms with E-state index < -0.39 is 24.6 Å². The molecule has 1 rings (SSSR count). The molecule has 0 spiro atoms. The largest absolute Gasteiger partial charge is 0.417 e. The van der Waals surface area contributed by atoms with E-state index in [1.165, 1.54) is 4.90 Å². The molecule has 1 saturated heterocycles. The van der Waals surface area contributed by atoms with E-state index in [-0.39, 0.29) is 31.1 Å². The van der Waals surface area contributed by atoms with Crippen molar-refractivity contribution in [2.24, 2.45) is 5.92 Å². The molecule has 130 valence electrons. The molecule has 2 amide bonds. The molecule has 0 saturated carbocycles. The first-order chi connectivity index (χ1) is 10.1. The molecule has 22 heavy (non-hydrogen) atoms. The lowest BCUT2D eigenvalue weighted by Gasteiger charge is -2.39. The number of hydrogen-bond donors (Lipinski definition) is 2. The van der Waals surface area contributed by atoms with Crippen LogP contribution in [0, 0.1) is 5.92 Å². The number of amides is 2. The maximum Gasteiger partial charge on any atom is 0.417 e. The number of piperidine rings is 1. The zero-order valence-electron chi connectivity index (χ0n) is 13.2. The highest BCUT2D eigenvalue weighted by Crippen LogP contribution is 2.38. The Balaban J connectivity index is 2.54. The molecule has 2 N–H and O–H groups in total. The summed E-state index contributed by atoms with van der Waals surface area (Å²) in [7, 11) is 1.57. The van der Waals surface area contributed by atoms with Crippen LogP contribution in [-0.2, 0) is 4.74 Å². The first kappa shape index (κ1) is 19.0. The topological polar surface area (TPSA) is 61.8 Å². The quantitative estimate of drug-likeness (QED) is 0.814. The number of carbonyl (C=O) groups is 1. The van der Waals surface area contributed by atoms with Gasteiger partial charge in [0.1, 0.15) is 0 Å². The lowest BCUT2D eigenvalue weighted by atomic mass is 9.91. The van der Waals surface area contributed by atoms with Crippen molar-refractivity contribution in [2.45, 2.75) is 50.9 Å². The van der Waals surface area contributed by atoms with E-state index in [2.05, 4.69) is 5.32 Å². The molecule has 1 fully saturated rings. The fraction of sp³-hybridized carbons (Fsp3) is 0.929. The number of likely N-dealkylation sites (tertiary alicyclic amines) is 1. The molecule has 0 aromatic carbocycles. The van der Waals surface area contributed by atoms with Gasteiger partial charge in [-0.2, -0.15) is 13.2 Å². The van der Waals surface area contributed by atoms with Crippen molar-refractivity contribution in [1.82, 2.24) is 10.2 Å². The first-order valence-electron chi connectivity index (χ1n) is 7.44. The van der Waals surface area contributed by atoms with Crippen LogP contribution < -0.4 is 5.32 Å². The first-order valence-corrected chi connectivity index (χ1v) is 7.44. The zero-order chi connectivity index (χ0) is 17.0. The Morgan fingerprint density at radius 1 is 1.36 bits per heavy atom. The number of ether oxygens (including phenoxy) is 1. The molecule has 0 bridgehead atoms. The predicted octanol–water partition coefficient (Wildman–Crippen LogP) is 2.15. The van der Waals surface area contributed by atoms with E-state index in [0.29, 0.717) is 13.0 Å². The van der Waals surface area contributed by atoms with E-state index >= 15 is 0 Å². The van der Waals surface area contributed by atoms with Crippen LogP contribution in [0.2, 0.25) is 0 Å². The van der Waals surface area contributed by atoms with Crippen molar-refractivity contribution in [1.29, 1.82) is 0 Å². The number of methoxy groups -OCH3 is 1. The lowest BCUT2D eigenvalue weighted by molar-refractivity contribution is -0.271. The lowest BCUT2D eigenvalue weighted by Crippen LogP contribution is -2.57. The summed E-state index contributed by atoms with van der Waals surface area (Å²) in [5.41, 5.74) is -2.68. The summed E-state index contributed by atoms with van der Waals surface area (Å²) >= 11 is 0. The van der Waals surface area contributed by atoms with Crippen molar-refractivity contribution in [3.63, 3.8) is 0 Å². The summed E-state index contributed by atoms with van der Waals surface area (Å²) in [5.74, 6) is 0.191. The minimum atomic E-state index is -4.66. The molecule has 0 radical (unpaired) electrons. The van der Waals surface area contributed by atoms with Crippen LogP contribution in [-0.4, -0.2) is 60.7 Å². The van der Waals surface area contributed by atoms with Crippen LogP contribution >= 0.6 is 0 Å². The normalized spacial score (nSPS) is 20.1. The molecule has 0 aromatic heterocycles. The fourth-order valence-corrected chi connectivity index (χ4v) is 2.43. The molecule has 8 heteroatoms. The minimum absolute atomic E-state index is 0.101. The number of carbonyl (C=O) groups excluding carboxylic acids is 1. The van der Waals surface area contributed by atoms with Crippen LogP contribution in [0.15, 0.2) is 0 Å². The van der Waals surface area contributed by atoms with Crippen LogP contribution in [0.3, 0.4) is 0 Å². The van der Waals surface area contributed by atoms with Gasteiger partial charge < -0.3 is 20.1 Å². The minimum Gasteiger partial charge on any atom is -0.385 e. The number of nitrogens with zero attached hydrogens (tertiary/aromatic N) is 1. The van der Waals surface area contributed by atoms with Gasteiger partial charge in [-0.25, -0.2) is 4.79 Å². The van der Waals surface area contributed by atoms with Crippen molar-refractivity contribution < 1.29 is 27.8 Å². The second-order valence-corrected chi connectivity index (χ2v) is 6.10. The van der Waals surface area contributed by atoms with Crippen molar-refractivity contribution in [2.75, 3.05) is 26.8 Å². The van der Waals surface area contributed by atoms with Gasteiger partial charge in [-0.15, -0.1) is 0 Å². The Labute approximate surface area is 128 Å². The van der Waals surface area contributed by atoms with Gasteiger partial charge in [0.05, 0.1) is 0 Å². The molecule has 1 heterocycles. The third-order valence-corrected chi connectivity index (χ3v) is 4.15. The van der Waals surface area contributed by atoms with E-state index in [4.69, 9.17) is 4.74 Å². The zero-order valence-corrected chi connectivity index (χ0v) is 13.2. The van der Waals surface area contributed by atoms with Crippen LogP contribution in [0.5, 0.6) is 0 Å². The molecule has 1 atom stereocenters. The monoisotopic (exact) mass is 326 g/mol. The number of urea groups is 1. The second kappa shape index (κ2) is 7.50. The van der Waals surface area contributed by atoms with Crippen LogP contribution in [0.25, 0.3) is 0 Å². The summed E-state index contributed by atoms with van der Waals surface area (Å²) < 4.78 is 43.2. The van der Waals surface area contributed by atoms with Gasteiger partial charge in [0.15, 0.2) is 5.60 Å². The van der Waals surface area contributed by atoms with Gasteiger partial charge in [0.2, 0.25) is 0 Å². The standard InChI is InChI=1S/C14H25F3N2O3/c1-10(2)11(4-9-22-3)18-12(20)19-7-5-13(21,6-8-19)14(15,16)17/h10-11,21H,4-9H2,1-3H3,(H,18,20)/t11-/m0/s1. The SMILES string of the molecule is COCC[C@H](NC(=O)N1CCC(O)(C(F)(F)F)CC1)C(C)C. The highest BCUT2D eigenvalue weighted by atomic mass is 19.4. The molecule has 5 nitrogen and oxygen atoms in total. The summed E-state index contributed by atoms with van der Waals surface area (Å²) in [6.45, 7) is 4.18. The van der Waals surface area contributed by atoms with Gasteiger partial charge in [0, 0.05) is 45.7 Å². The number of rotatable bonds is 5. The van der Waals surface area contributed by atoms with E-state index in [1.807, 2.05) is 13.8 Å². The molecule has 0 unspecified atom stereocenters. The van der Waals surface area contributed by atoms with Crippen molar-refractivity contribution in [3.8, 4) is 0 Å². The maximum absolute atomic E-state index is 12.7. The number of halogens is 3. The van der Waals surface area contributed by atoms with Gasteiger partial charge in [-0.05, 0) is 12.3 Å². The Morgan fingerprint density at radius 2 is 1.91 bits per heavy atom. The fourth-order valence-electron chi connectivity index (χ4n) is 2.43. The predicted molar refractivity (Wildman–Crippen MR) is 75.5 cm³/mol. The molecule has 0 aromatic rings. The van der Waals surface area contributed by atoms with E-state index in [0.717, 1.165) is 0 Å². The van der Waals surface area contributed by atoms with E-state index in [9.17, 15) is 23.1 Å². The second-order valence-electron chi connectivity index (χ2n) is 6.10. The number of aliphatic hydroxyl groups is 1. The van der Waals surface area contributed by atoms with Crippen LogP contribution in [0.4, 0.5) is 18.0 Å². The number of alkyl halides is 3. The molecule has 1 aliphatic rings. The van der Waals surface area contributed by atoms with Gasteiger partial charge in [-0.1, -0.05) is 13.8 Å². The summed E-state index contributed by atoms with van der Waals surface area (Å²) in [5, 5.41) is 12.4. The van der Waals surface area contributed by atoms with Crippen molar-refractivity contribution in [3.05, 3.63) is 0 Å². The summed E-state index contributed by atoms with van der Waals surface area (Å²) in [4.78, 5) is 13.5. The van der Waals surface area contributed by atoms with Gasteiger partial charge in [0.25, 0.3) is 0 Å². The summed E-state index contributed by atoms with van der Waals surface area (Å²) in [6, 6.07) is -0.491. The average Bonchev–Trinajstić information content (AvgIpc) is 2.42. The molecular weight excluding hydrogens is 301 g/mol. The van der Waals surface area contributed by atoms with Crippen LogP contribution in [0.1, 0.15) is 33.1 Å². The average molecular weight is 326 g/mol. The van der Waals surface area contributed by atoms with Crippen molar-refractivity contribution >= 4 is 6.03 Å².